The molecule has 2 N–H and O–H groups in total. The number of amides is 1. The van der Waals surface area contributed by atoms with Crippen LogP contribution in [0.25, 0.3) is 0 Å². The van der Waals surface area contributed by atoms with Gasteiger partial charge >= 0.3 is 0 Å². The molecule has 3 rings (SSSR count). The Kier molecular flexibility index (Phi) is 4.66. The number of carbonyl (C=O) groups is 1. The van der Waals surface area contributed by atoms with Crippen molar-refractivity contribution in [1.29, 1.82) is 0 Å². The van der Waals surface area contributed by atoms with Crippen molar-refractivity contribution >= 4 is 23.2 Å². The van der Waals surface area contributed by atoms with Crippen LogP contribution in [0, 0.1) is 0 Å². The monoisotopic (exact) mass is 330 g/mol. The molecule has 2 aromatic rings. The van der Waals surface area contributed by atoms with Crippen molar-refractivity contribution in [2.75, 3.05) is 18.9 Å². The van der Waals surface area contributed by atoms with E-state index in [9.17, 15) is 9.90 Å². The number of nitrogens with one attached hydrogen (secondary N) is 1. The van der Waals surface area contributed by atoms with Crippen LogP contribution < -0.4 is 5.32 Å². The molecule has 1 amide bonds. The topological polar surface area (TPSA) is 52.6 Å². The van der Waals surface area contributed by atoms with E-state index in [4.69, 9.17) is 11.6 Å². The van der Waals surface area contributed by atoms with Crippen LogP contribution in [0.3, 0.4) is 0 Å². The third-order valence-corrected chi connectivity index (χ3v) is 4.60. The second kappa shape index (κ2) is 6.71. The first-order valence-corrected chi connectivity index (χ1v) is 7.94. The van der Waals surface area contributed by atoms with Crippen molar-refractivity contribution in [2.45, 2.75) is 18.6 Å². The standard InChI is InChI=1S/C18H19ClN2O2/c1-21(11-17(22)20-15-9-5-4-8-14(15)19)16-10-12-6-2-3-7-13(12)18(16)23/h2-9,16,18,23H,10-11H2,1H3,(H,20,22)/t16-,18+/m0/s1. The highest BCUT2D eigenvalue weighted by Crippen LogP contribution is 2.33. The molecule has 0 fully saturated rings. The normalized spacial score (nSPS) is 19.7. The molecule has 23 heavy (non-hydrogen) atoms. The number of fused-ring (bicyclic) bond motifs is 1. The van der Waals surface area contributed by atoms with Crippen molar-refractivity contribution in [2.24, 2.45) is 0 Å². The Morgan fingerprint density at radius 1 is 1.26 bits per heavy atom. The number of benzene rings is 2. The number of halogens is 1. The lowest BCUT2D eigenvalue weighted by Crippen LogP contribution is -2.40. The van der Waals surface area contributed by atoms with E-state index in [1.165, 1.54) is 0 Å². The largest absolute Gasteiger partial charge is 0.387 e. The minimum Gasteiger partial charge on any atom is -0.387 e. The predicted octanol–water partition coefficient (Wildman–Crippen LogP) is 2.87. The van der Waals surface area contributed by atoms with Gasteiger partial charge in [-0.1, -0.05) is 48.0 Å². The van der Waals surface area contributed by atoms with Gasteiger partial charge in [-0.05, 0) is 36.7 Å². The Hall–Kier alpha value is -1.88. The quantitative estimate of drug-likeness (QED) is 0.906. The van der Waals surface area contributed by atoms with E-state index >= 15 is 0 Å². The molecular formula is C18H19ClN2O2. The highest BCUT2D eigenvalue weighted by atomic mass is 35.5. The number of para-hydroxylation sites is 1. The lowest BCUT2D eigenvalue weighted by molar-refractivity contribution is -0.117. The number of aliphatic hydroxyl groups excluding tert-OH is 1. The lowest BCUT2D eigenvalue weighted by Gasteiger charge is -2.26. The molecule has 0 aliphatic heterocycles. The summed E-state index contributed by atoms with van der Waals surface area (Å²) in [5.41, 5.74) is 2.70. The average molecular weight is 331 g/mol. The summed E-state index contributed by atoms with van der Waals surface area (Å²) in [4.78, 5) is 14.1. The van der Waals surface area contributed by atoms with Gasteiger partial charge < -0.3 is 10.4 Å². The summed E-state index contributed by atoms with van der Waals surface area (Å²) >= 11 is 6.05. The van der Waals surface area contributed by atoms with Crippen molar-refractivity contribution in [3.63, 3.8) is 0 Å². The maximum Gasteiger partial charge on any atom is 0.238 e. The Morgan fingerprint density at radius 2 is 1.96 bits per heavy atom. The molecule has 0 radical (unpaired) electrons. The van der Waals surface area contributed by atoms with Gasteiger partial charge in [0.1, 0.15) is 0 Å². The zero-order valence-corrected chi connectivity index (χ0v) is 13.6. The smallest absolute Gasteiger partial charge is 0.238 e. The molecule has 0 aromatic heterocycles. The zero-order valence-electron chi connectivity index (χ0n) is 12.9. The fourth-order valence-electron chi connectivity index (χ4n) is 3.05. The van der Waals surface area contributed by atoms with Crippen molar-refractivity contribution < 1.29 is 9.90 Å². The molecule has 1 aliphatic rings. The van der Waals surface area contributed by atoms with Gasteiger partial charge in [-0.2, -0.15) is 0 Å². The molecule has 4 nitrogen and oxygen atoms in total. The number of anilines is 1. The van der Waals surface area contributed by atoms with Crippen LogP contribution in [0.4, 0.5) is 5.69 Å². The molecule has 0 heterocycles. The van der Waals surface area contributed by atoms with E-state index in [-0.39, 0.29) is 18.5 Å². The van der Waals surface area contributed by atoms with E-state index in [1.807, 2.05) is 48.3 Å². The van der Waals surface area contributed by atoms with Gasteiger partial charge in [-0.15, -0.1) is 0 Å². The van der Waals surface area contributed by atoms with Gasteiger partial charge in [0.05, 0.1) is 23.4 Å². The van der Waals surface area contributed by atoms with Gasteiger partial charge in [-0.25, -0.2) is 0 Å². The Morgan fingerprint density at radius 3 is 2.70 bits per heavy atom. The number of hydrogen-bond donors (Lipinski definition) is 2. The molecule has 0 spiro atoms. The van der Waals surface area contributed by atoms with Crippen LogP contribution in [-0.4, -0.2) is 35.5 Å². The molecule has 1 aliphatic carbocycles. The van der Waals surface area contributed by atoms with Gasteiger partial charge in [0.25, 0.3) is 0 Å². The first-order chi connectivity index (χ1) is 11.1. The van der Waals surface area contributed by atoms with Gasteiger partial charge in [0, 0.05) is 6.04 Å². The fraction of sp³-hybridized carbons (Fsp3) is 0.278. The molecular weight excluding hydrogens is 312 g/mol. The summed E-state index contributed by atoms with van der Waals surface area (Å²) in [6, 6.07) is 14.9. The second-order valence-corrected chi connectivity index (χ2v) is 6.27. The number of carbonyl (C=O) groups excluding carboxylic acids is 1. The van der Waals surface area contributed by atoms with Gasteiger partial charge in [-0.3, -0.25) is 9.69 Å². The molecule has 2 aromatic carbocycles. The van der Waals surface area contributed by atoms with Crippen LogP contribution >= 0.6 is 11.6 Å². The van der Waals surface area contributed by atoms with E-state index in [1.54, 1.807) is 12.1 Å². The average Bonchev–Trinajstić information content (AvgIpc) is 2.87. The SMILES string of the molecule is CN(CC(=O)Nc1ccccc1Cl)[C@H]1Cc2ccccc2[C@H]1O. The van der Waals surface area contributed by atoms with Crippen LogP contribution in [0.2, 0.25) is 5.02 Å². The van der Waals surface area contributed by atoms with Gasteiger partial charge in [0.15, 0.2) is 0 Å². The van der Waals surface area contributed by atoms with Crippen molar-refractivity contribution in [3.8, 4) is 0 Å². The summed E-state index contributed by atoms with van der Waals surface area (Å²) in [6.07, 6.45) is 0.178. The van der Waals surface area contributed by atoms with Crippen molar-refractivity contribution in [3.05, 3.63) is 64.7 Å². The third-order valence-electron chi connectivity index (χ3n) is 4.27. The molecule has 0 bridgehead atoms. The molecule has 0 saturated heterocycles. The van der Waals surface area contributed by atoms with E-state index in [2.05, 4.69) is 5.32 Å². The van der Waals surface area contributed by atoms with Crippen LogP contribution in [0.15, 0.2) is 48.5 Å². The van der Waals surface area contributed by atoms with Crippen LogP contribution in [0.5, 0.6) is 0 Å². The first kappa shape index (κ1) is 16.0. The fourth-order valence-corrected chi connectivity index (χ4v) is 3.23. The zero-order chi connectivity index (χ0) is 16.4. The predicted molar refractivity (Wildman–Crippen MR) is 91.6 cm³/mol. The molecule has 0 unspecified atom stereocenters. The maximum absolute atomic E-state index is 12.2. The minimum atomic E-state index is -0.565. The second-order valence-electron chi connectivity index (χ2n) is 5.86. The maximum atomic E-state index is 12.2. The van der Waals surface area contributed by atoms with Gasteiger partial charge in [0.2, 0.25) is 5.91 Å². The number of nitrogens with zero attached hydrogens (tertiary/aromatic N) is 1. The summed E-state index contributed by atoms with van der Waals surface area (Å²) in [5.74, 6) is -0.149. The lowest BCUT2D eigenvalue weighted by atomic mass is 10.1. The summed E-state index contributed by atoms with van der Waals surface area (Å²) < 4.78 is 0. The summed E-state index contributed by atoms with van der Waals surface area (Å²) in [5, 5.41) is 13.8. The molecule has 120 valence electrons. The summed E-state index contributed by atoms with van der Waals surface area (Å²) in [6.45, 7) is 0.195. The number of hydrogen-bond acceptors (Lipinski definition) is 3. The van der Waals surface area contributed by atoms with E-state index in [0.29, 0.717) is 10.7 Å². The highest BCUT2D eigenvalue weighted by Gasteiger charge is 2.33. The van der Waals surface area contributed by atoms with Crippen LogP contribution in [0.1, 0.15) is 17.2 Å². The number of aliphatic hydroxyl groups is 1. The Bertz CT molecular complexity index is 720. The Labute approximate surface area is 140 Å². The molecule has 0 saturated carbocycles. The minimum absolute atomic E-state index is 0.0932. The number of rotatable bonds is 4. The molecule has 2 atom stereocenters. The van der Waals surface area contributed by atoms with E-state index in [0.717, 1.165) is 17.5 Å². The summed E-state index contributed by atoms with van der Waals surface area (Å²) in [7, 11) is 1.85. The highest BCUT2D eigenvalue weighted by molar-refractivity contribution is 6.33. The molecule has 5 heteroatoms. The third kappa shape index (κ3) is 3.39. The van der Waals surface area contributed by atoms with E-state index < -0.39 is 6.10 Å². The van der Waals surface area contributed by atoms with Crippen molar-refractivity contribution in [1.82, 2.24) is 4.90 Å². The first-order valence-electron chi connectivity index (χ1n) is 7.57. The van der Waals surface area contributed by atoms with Crippen LogP contribution in [-0.2, 0) is 11.2 Å². The number of likely N-dealkylation sites (N-methyl/N-ethyl adjacent to an activating group) is 1. The Balaban J connectivity index is 1.63.